The highest BCUT2D eigenvalue weighted by Crippen LogP contribution is 2.44. The number of aromatic nitrogens is 5. The van der Waals surface area contributed by atoms with E-state index in [9.17, 15) is 27.2 Å². The van der Waals surface area contributed by atoms with Crippen molar-refractivity contribution in [3.63, 3.8) is 0 Å². The number of esters is 1. The summed E-state index contributed by atoms with van der Waals surface area (Å²) in [7, 11) is 1.65. The minimum atomic E-state index is -2.84. The molecular weight excluding hydrogens is 699 g/mol. The van der Waals surface area contributed by atoms with Crippen molar-refractivity contribution in [2.45, 2.75) is 70.8 Å². The van der Waals surface area contributed by atoms with Crippen molar-refractivity contribution in [1.29, 1.82) is 0 Å². The van der Waals surface area contributed by atoms with Crippen molar-refractivity contribution < 1.29 is 36.3 Å². The summed E-state index contributed by atoms with van der Waals surface area (Å²) in [5.74, 6) is -1.65. The molecule has 1 aliphatic rings. The zero-order chi connectivity index (χ0) is 37.5. The van der Waals surface area contributed by atoms with Gasteiger partial charge in [-0.1, -0.05) is 55.8 Å². The number of carbonyl (C=O) groups excluding carboxylic acids is 2. The maximum Gasteiger partial charge on any atom is 0.333 e. The number of nitrogens with zero attached hydrogens (tertiary/aromatic N) is 7. The minimum absolute atomic E-state index is 0.249. The minimum Gasteiger partial charge on any atom is -0.463 e. The second-order valence-electron chi connectivity index (χ2n) is 13.6. The van der Waals surface area contributed by atoms with Gasteiger partial charge in [0.25, 0.3) is 5.91 Å². The average Bonchev–Trinajstić information content (AvgIpc) is 3.76. The van der Waals surface area contributed by atoms with E-state index >= 15 is 4.39 Å². The normalized spacial score (nSPS) is 17.4. The summed E-state index contributed by atoms with van der Waals surface area (Å²) in [6, 6.07) is 9.69. The number of guanidine groups is 1. The fourth-order valence-corrected chi connectivity index (χ4v) is 6.10. The van der Waals surface area contributed by atoms with Gasteiger partial charge < -0.3 is 10.5 Å². The van der Waals surface area contributed by atoms with Crippen LogP contribution >= 0.6 is 11.6 Å². The lowest BCUT2D eigenvalue weighted by atomic mass is 9.80. The van der Waals surface area contributed by atoms with Gasteiger partial charge in [0.2, 0.25) is 6.43 Å². The first kappa shape index (κ1) is 37.4. The van der Waals surface area contributed by atoms with Crippen molar-refractivity contribution in [2.24, 2.45) is 23.2 Å². The molecule has 0 bridgehead atoms. The molecule has 4 aromatic rings. The molecule has 2 N–H and O–H groups in total. The van der Waals surface area contributed by atoms with E-state index in [1.54, 1.807) is 31.3 Å². The van der Waals surface area contributed by atoms with Crippen molar-refractivity contribution in [3.05, 3.63) is 77.3 Å². The Morgan fingerprint density at radius 2 is 1.73 bits per heavy atom. The number of ether oxygens (including phenoxy) is 1. The van der Waals surface area contributed by atoms with Crippen LogP contribution < -0.4 is 5.73 Å². The molecule has 0 spiro atoms. The van der Waals surface area contributed by atoms with Gasteiger partial charge in [-0.25, -0.2) is 32.5 Å². The summed E-state index contributed by atoms with van der Waals surface area (Å²) in [4.78, 5) is 37.5. The number of aliphatic imine (C=N–C) groups is 1. The monoisotopic (exact) mass is 734 g/mol. The van der Waals surface area contributed by atoms with Gasteiger partial charge in [0.1, 0.15) is 18.6 Å². The molecule has 0 aliphatic carbocycles. The van der Waals surface area contributed by atoms with Crippen LogP contribution in [0.3, 0.4) is 0 Å². The molecule has 2 aromatic carbocycles. The second-order valence-corrected chi connectivity index (χ2v) is 14.0. The Morgan fingerprint density at radius 1 is 1.04 bits per heavy atom. The molecule has 5 rings (SSSR count). The van der Waals surface area contributed by atoms with Crippen molar-refractivity contribution >= 4 is 29.4 Å². The zero-order valence-electron chi connectivity index (χ0n) is 28.3. The van der Waals surface area contributed by atoms with Gasteiger partial charge in [-0.3, -0.25) is 14.5 Å². The Kier molecular flexibility index (Phi) is 10.3. The maximum atomic E-state index is 15.6. The van der Waals surface area contributed by atoms with E-state index in [-0.39, 0.29) is 16.5 Å². The van der Waals surface area contributed by atoms with Crippen LogP contribution in [0.15, 0.2) is 66.2 Å². The predicted molar refractivity (Wildman–Crippen MR) is 178 cm³/mol. The molecule has 1 aliphatic heterocycles. The largest absolute Gasteiger partial charge is 0.463 e. The molecule has 0 unspecified atom stereocenters. The Bertz CT molecular complexity index is 1940. The number of halogens is 6. The number of nitrogens with two attached hydrogens (primary N) is 1. The number of alkyl halides is 5. The van der Waals surface area contributed by atoms with Crippen LogP contribution in [0.25, 0.3) is 22.5 Å². The third-order valence-electron chi connectivity index (χ3n) is 8.53. The molecule has 2 aromatic heterocycles. The highest BCUT2D eigenvalue weighted by atomic mass is 35.5. The summed E-state index contributed by atoms with van der Waals surface area (Å²) in [6.07, 6.45) is -0.156. The molecule has 1 amide bonds. The summed E-state index contributed by atoms with van der Waals surface area (Å²) in [5.41, 5.74) is 2.80. The SMILES string of the molecule is Cn1ncnc1-c1cc([C@@H](COC(=O)CC(C)(C)C(F)F)N2C(=O)[C@@](CC(C)(C)F)(c3ccc(-c4cnn(C(F)F)c4)cc3)N=C2N)ccc1Cl. The molecule has 11 nitrogen and oxygen atoms in total. The number of rotatable bonds is 13. The molecular formula is C34H36ClF5N8O3. The summed E-state index contributed by atoms with van der Waals surface area (Å²) >= 11 is 6.53. The topological polar surface area (TPSA) is 134 Å². The van der Waals surface area contributed by atoms with Crippen molar-refractivity contribution in [2.75, 3.05) is 6.61 Å². The fraction of sp³-hybridized carbons (Fsp3) is 0.412. The third kappa shape index (κ3) is 7.75. The first-order valence-corrected chi connectivity index (χ1v) is 16.1. The smallest absolute Gasteiger partial charge is 0.333 e. The number of hydrogen-bond acceptors (Lipinski definition) is 8. The number of carbonyl (C=O) groups is 2. The summed E-state index contributed by atoms with van der Waals surface area (Å²) in [5, 5.41) is 8.01. The van der Waals surface area contributed by atoms with E-state index in [1.807, 2.05) is 0 Å². The number of amides is 1. The molecule has 0 radical (unpaired) electrons. The molecule has 2 atom stereocenters. The highest BCUT2D eigenvalue weighted by Gasteiger charge is 2.54. The van der Waals surface area contributed by atoms with E-state index < -0.39 is 67.0 Å². The molecule has 272 valence electrons. The van der Waals surface area contributed by atoms with Crippen molar-refractivity contribution in [3.8, 4) is 22.5 Å². The Labute approximate surface area is 295 Å². The van der Waals surface area contributed by atoms with Crippen LogP contribution in [0.5, 0.6) is 0 Å². The van der Waals surface area contributed by atoms with E-state index in [4.69, 9.17) is 22.1 Å². The Hall–Kier alpha value is -4.86. The molecule has 0 saturated heterocycles. The lowest BCUT2D eigenvalue weighted by Gasteiger charge is -2.33. The predicted octanol–water partition coefficient (Wildman–Crippen LogP) is 6.85. The molecule has 0 saturated carbocycles. The van der Waals surface area contributed by atoms with E-state index in [2.05, 4.69) is 20.2 Å². The standard InChI is InChI=1S/C34H36ClF5N8O3/c1-32(2,28(36)37)13-26(49)51-16-25(20-8-11-24(35)23(12-20)27-42-18-44-46(27)5)48-29(50)34(45-31(48)41,17-33(3,4)40)22-9-6-19(7-10-22)21-14-43-47(15-21)30(38)39/h6-12,14-15,18,25,28,30H,13,16-17H2,1-5H3,(H2,41,45)/t25-,34-/m1/s1. The molecule has 51 heavy (non-hydrogen) atoms. The van der Waals surface area contributed by atoms with Crippen molar-refractivity contribution in [1.82, 2.24) is 29.4 Å². The van der Waals surface area contributed by atoms with Gasteiger partial charge in [-0.05, 0) is 42.7 Å². The third-order valence-corrected chi connectivity index (χ3v) is 8.86. The average molecular weight is 735 g/mol. The molecule has 0 fully saturated rings. The Balaban J connectivity index is 1.57. The summed E-state index contributed by atoms with van der Waals surface area (Å²) in [6.45, 7) is 1.62. The van der Waals surface area contributed by atoms with Crippen LogP contribution in [0.1, 0.15) is 64.3 Å². The van der Waals surface area contributed by atoms with Crippen LogP contribution in [0.2, 0.25) is 5.02 Å². The van der Waals surface area contributed by atoms with Crippen LogP contribution in [0.4, 0.5) is 22.0 Å². The van der Waals surface area contributed by atoms with E-state index in [0.717, 1.165) is 11.1 Å². The summed E-state index contributed by atoms with van der Waals surface area (Å²) < 4.78 is 76.5. The Morgan fingerprint density at radius 3 is 2.29 bits per heavy atom. The highest BCUT2D eigenvalue weighted by molar-refractivity contribution is 6.33. The second kappa shape index (κ2) is 14.0. The zero-order valence-corrected chi connectivity index (χ0v) is 29.1. The molecule has 3 heterocycles. The van der Waals surface area contributed by atoms with Crippen LogP contribution in [-0.4, -0.2) is 66.0 Å². The van der Waals surface area contributed by atoms with Gasteiger partial charge >= 0.3 is 12.5 Å². The lowest BCUT2D eigenvalue weighted by Crippen LogP contribution is -2.48. The van der Waals surface area contributed by atoms with Gasteiger partial charge in [-0.15, -0.1) is 0 Å². The lowest BCUT2D eigenvalue weighted by molar-refractivity contribution is -0.152. The van der Waals surface area contributed by atoms with Crippen LogP contribution in [0, 0.1) is 5.41 Å². The number of hydrogen-bond donors (Lipinski definition) is 1. The van der Waals surface area contributed by atoms with E-state index in [1.165, 1.54) is 63.1 Å². The van der Waals surface area contributed by atoms with Gasteiger partial charge in [0.05, 0.1) is 23.7 Å². The first-order chi connectivity index (χ1) is 23.8. The first-order valence-electron chi connectivity index (χ1n) is 15.7. The number of benzene rings is 2. The quantitative estimate of drug-likeness (QED) is 0.117. The van der Waals surface area contributed by atoms with Gasteiger partial charge in [0, 0.05) is 36.2 Å². The van der Waals surface area contributed by atoms with Gasteiger partial charge in [0.15, 0.2) is 17.3 Å². The van der Waals surface area contributed by atoms with Crippen LogP contribution in [-0.2, 0) is 26.9 Å². The number of aryl methyl sites for hydroxylation is 1. The van der Waals surface area contributed by atoms with E-state index in [0.29, 0.717) is 32.8 Å². The molecule has 17 heteroatoms. The fourth-order valence-electron chi connectivity index (χ4n) is 5.90. The maximum absolute atomic E-state index is 15.6. The van der Waals surface area contributed by atoms with Gasteiger partial charge in [-0.2, -0.15) is 19.0 Å².